The Bertz CT molecular complexity index is 1020. The monoisotopic (exact) mass is 462 g/mol. The lowest BCUT2D eigenvalue weighted by Gasteiger charge is -2.09. The molecule has 0 aliphatic rings. The molecule has 1 N–H and O–H groups in total. The van der Waals surface area contributed by atoms with Crippen LogP contribution in [-0.2, 0) is 0 Å². The highest BCUT2D eigenvalue weighted by Crippen LogP contribution is 2.29. The maximum absolute atomic E-state index is 5.23. The van der Waals surface area contributed by atoms with Crippen molar-refractivity contribution in [3.8, 4) is 11.5 Å². The molecule has 4 aromatic rings. The molecule has 0 aliphatic carbocycles. The predicted molar refractivity (Wildman–Crippen MR) is 116 cm³/mol. The zero-order chi connectivity index (χ0) is 18.7. The summed E-state index contributed by atoms with van der Waals surface area (Å²) in [6.07, 6.45) is 4.11. The number of aromatic nitrogens is 2. The molecule has 4 nitrogen and oxygen atoms in total. The van der Waals surface area contributed by atoms with Crippen molar-refractivity contribution in [1.29, 1.82) is 0 Å². The summed E-state index contributed by atoms with van der Waals surface area (Å²) in [6, 6.07) is 14.7. The maximum Gasteiger partial charge on any atom is 0.119 e. The van der Waals surface area contributed by atoms with E-state index in [4.69, 9.17) is 9.47 Å². The molecule has 2 aromatic heterocycles. The standard InChI is InChI=1S/C12H14INO.C9H9NO/c1-8(2)14-7-11(13)10-6-9(15-3)4-5-12(10)14;1-11-8-2-3-9-7(6-8)4-5-10-9/h4-8H,1-3H3;2-6,10H,1H3. The number of methoxy groups -OCH3 is 2. The largest absolute Gasteiger partial charge is 0.497 e. The second-order valence-electron chi connectivity index (χ2n) is 6.29. The third-order valence-electron chi connectivity index (χ3n) is 4.31. The summed E-state index contributed by atoms with van der Waals surface area (Å²) in [6.45, 7) is 4.39. The summed E-state index contributed by atoms with van der Waals surface area (Å²) in [5.41, 5.74) is 2.42. The molecule has 0 radical (unpaired) electrons. The van der Waals surface area contributed by atoms with Gasteiger partial charge in [-0.05, 0) is 78.9 Å². The highest BCUT2D eigenvalue weighted by Gasteiger charge is 2.09. The number of hydrogen-bond acceptors (Lipinski definition) is 2. The minimum Gasteiger partial charge on any atom is -0.497 e. The lowest BCUT2D eigenvalue weighted by molar-refractivity contribution is 0.415. The number of halogens is 1. The fourth-order valence-electron chi connectivity index (χ4n) is 2.91. The highest BCUT2D eigenvalue weighted by atomic mass is 127. The van der Waals surface area contributed by atoms with E-state index < -0.39 is 0 Å². The lowest BCUT2D eigenvalue weighted by Crippen LogP contribution is -1.97. The molecule has 5 heteroatoms. The van der Waals surface area contributed by atoms with E-state index in [0.717, 1.165) is 17.0 Å². The molecule has 0 bridgehead atoms. The van der Waals surface area contributed by atoms with Crippen LogP contribution in [0.2, 0.25) is 0 Å². The fourth-order valence-corrected chi connectivity index (χ4v) is 3.64. The van der Waals surface area contributed by atoms with E-state index in [1.165, 1.54) is 19.9 Å². The number of fused-ring (bicyclic) bond motifs is 2. The van der Waals surface area contributed by atoms with E-state index in [-0.39, 0.29) is 0 Å². The first-order chi connectivity index (χ1) is 12.5. The molecule has 0 saturated carbocycles. The molecule has 0 spiro atoms. The second kappa shape index (κ2) is 8.03. The van der Waals surface area contributed by atoms with Gasteiger partial charge in [0.25, 0.3) is 0 Å². The quantitative estimate of drug-likeness (QED) is 0.379. The van der Waals surface area contributed by atoms with Crippen molar-refractivity contribution in [3.05, 3.63) is 58.4 Å². The van der Waals surface area contributed by atoms with Crippen LogP contribution in [0.5, 0.6) is 11.5 Å². The SMILES string of the molecule is COc1ccc2[nH]ccc2c1.COc1ccc2c(c1)c(I)cn2C(C)C. The Labute approximate surface area is 167 Å². The first-order valence-electron chi connectivity index (χ1n) is 8.48. The van der Waals surface area contributed by atoms with Gasteiger partial charge in [-0.1, -0.05) is 0 Å². The molecule has 26 heavy (non-hydrogen) atoms. The van der Waals surface area contributed by atoms with Crippen molar-refractivity contribution in [1.82, 2.24) is 9.55 Å². The topological polar surface area (TPSA) is 39.2 Å². The number of hydrogen-bond donors (Lipinski definition) is 1. The van der Waals surface area contributed by atoms with Crippen molar-refractivity contribution in [2.45, 2.75) is 19.9 Å². The van der Waals surface area contributed by atoms with Crippen molar-refractivity contribution in [2.75, 3.05) is 14.2 Å². The predicted octanol–water partition coefficient (Wildman–Crippen LogP) is 6.01. The van der Waals surface area contributed by atoms with Gasteiger partial charge in [0.05, 0.1) is 14.2 Å². The van der Waals surface area contributed by atoms with Gasteiger partial charge in [-0.3, -0.25) is 0 Å². The number of aromatic amines is 1. The van der Waals surface area contributed by atoms with Gasteiger partial charge >= 0.3 is 0 Å². The molecule has 0 fully saturated rings. The van der Waals surface area contributed by atoms with Gasteiger partial charge in [-0.25, -0.2) is 0 Å². The van der Waals surface area contributed by atoms with Crippen LogP contribution in [0.1, 0.15) is 19.9 Å². The molecule has 0 saturated heterocycles. The number of benzene rings is 2. The average molecular weight is 462 g/mol. The Balaban J connectivity index is 0.000000158. The van der Waals surface area contributed by atoms with E-state index in [1.807, 2.05) is 36.5 Å². The van der Waals surface area contributed by atoms with Gasteiger partial charge in [-0.2, -0.15) is 0 Å². The smallest absolute Gasteiger partial charge is 0.119 e. The van der Waals surface area contributed by atoms with Gasteiger partial charge < -0.3 is 19.0 Å². The summed E-state index contributed by atoms with van der Waals surface area (Å²) in [5.74, 6) is 1.82. The highest BCUT2D eigenvalue weighted by molar-refractivity contribution is 14.1. The molecule has 2 heterocycles. The van der Waals surface area contributed by atoms with Crippen LogP contribution in [0.15, 0.2) is 54.9 Å². The Hall–Kier alpha value is -2.15. The molecule has 0 amide bonds. The molecule has 2 aromatic carbocycles. The van der Waals surface area contributed by atoms with Crippen LogP contribution in [0, 0.1) is 3.57 Å². The van der Waals surface area contributed by atoms with Gasteiger partial charge in [0.2, 0.25) is 0 Å². The number of H-pyrrole nitrogens is 1. The van der Waals surface area contributed by atoms with Crippen molar-refractivity contribution < 1.29 is 9.47 Å². The van der Waals surface area contributed by atoms with Crippen LogP contribution in [0.25, 0.3) is 21.8 Å². The van der Waals surface area contributed by atoms with Crippen LogP contribution >= 0.6 is 22.6 Å². The zero-order valence-electron chi connectivity index (χ0n) is 15.4. The third kappa shape index (κ3) is 3.82. The minimum absolute atomic E-state index is 0.490. The van der Waals surface area contributed by atoms with Crippen LogP contribution in [0.3, 0.4) is 0 Å². The summed E-state index contributed by atoms with van der Waals surface area (Å²) < 4.78 is 13.9. The molecule has 4 rings (SSSR count). The van der Waals surface area contributed by atoms with E-state index in [9.17, 15) is 0 Å². The normalized spacial score (nSPS) is 10.8. The Morgan fingerprint density at radius 2 is 1.65 bits per heavy atom. The molecular weight excluding hydrogens is 439 g/mol. The van der Waals surface area contributed by atoms with Crippen LogP contribution in [-0.4, -0.2) is 23.8 Å². The molecule has 136 valence electrons. The molecule has 0 unspecified atom stereocenters. The van der Waals surface area contributed by atoms with Crippen molar-refractivity contribution in [2.24, 2.45) is 0 Å². The number of ether oxygens (including phenoxy) is 2. The van der Waals surface area contributed by atoms with Crippen molar-refractivity contribution in [3.63, 3.8) is 0 Å². The third-order valence-corrected chi connectivity index (χ3v) is 5.17. The van der Waals surface area contributed by atoms with E-state index in [2.05, 4.69) is 64.3 Å². The lowest BCUT2D eigenvalue weighted by atomic mass is 10.2. The summed E-state index contributed by atoms with van der Waals surface area (Å²) >= 11 is 2.37. The summed E-state index contributed by atoms with van der Waals surface area (Å²) in [5, 5.41) is 2.45. The van der Waals surface area contributed by atoms with E-state index >= 15 is 0 Å². The average Bonchev–Trinajstić information content (AvgIpc) is 3.25. The Morgan fingerprint density at radius 1 is 0.962 bits per heavy atom. The fraction of sp³-hybridized carbons (Fsp3) is 0.238. The van der Waals surface area contributed by atoms with Gasteiger partial charge in [0.15, 0.2) is 0 Å². The van der Waals surface area contributed by atoms with Gasteiger partial charge in [0.1, 0.15) is 11.5 Å². The number of rotatable bonds is 3. The Morgan fingerprint density at radius 3 is 2.35 bits per heavy atom. The van der Waals surface area contributed by atoms with Crippen LogP contribution in [0.4, 0.5) is 0 Å². The van der Waals surface area contributed by atoms with E-state index in [1.54, 1.807) is 14.2 Å². The Kier molecular flexibility index (Phi) is 5.76. The first kappa shape index (κ1) is 18.6. The number of nitrogens with zero attached hydrogens (tertiary/aromatic N) is 1. The van der Waals surface area contributed by atoms with Crippen LogP contribution < -0.4 is 9.47 Å². The molecule has 0 atom stereocenters. The van der Waals surface area contributed by atoms with Gasteiger partial charge in [0, 0.05) is 43.8 Å². The minimum atomic E-state index is 0.490. The molecule has 0 aliphatic heterocycles. The zero-order valence-corrected chi connectivity index (χ0v) is 17.6. The summed E-state index contributed by atoms with van der Waals surface area (Å²) in [7, 11) is 3.38. The second-order valence-corrected chi connectivity index (χ2v) is 7.45. The van der Waals surface area contributed by atoms with E-state index in [0.29, 0.717) is 6.04 Å². The molecular formula is C21H23IN2O2. The van der Waals surface area contributed by atoms with Crippen molar-refractivity contribution >= 4 is 44.4 Å². The summed E-state index contributed by atoms with van der Waals surface area (Å²) in [4.78, 5) is 3.12. The van der Waals surface area contributed by atoms with Gasteiger partial charge in [-0.15, -0.1) is 0 Å². The number of nitrogens with one attached hydrogen (secondary N) is 1. The first-order valence-corrected chi connectivity index (χ1v) is 9.56. The maximum atomic E-state index is 5.23.